The van der Waals surface area contributed by atoms with Crippen LogP contribution in [0.25, 0.3) is 0 Å². The highest BCUT2D eigenvalue weighted by Crippen LogP contribution is 2.45. The summed E-state index contributed by atoms with van der Waals surface area (Å²) in [5.41, 5.74) is -0.120. The fraction of sp³-hybridized carbons (Fsp3) is 0.944. The zero-order chi connectivity index (χ0) is 15.5. The van der Waals surface area contributed by atoms with Crippen molar-refractivity contribution in [2.75, 3.05) is 6.54 Å². The summed E-state index contributed by atoms with van der Waals surface area (Å²) in [7, 11) is 0. The Morgan fingerprint density at radius 2 is 1.71 bits per heavy atom. The summed E-state index contributed by atoms with van der Waals surface area (Å²) < 4.78 is 0. The Labute approximate surface area is 129 Å². The molecular weight excluding hydrogens is 262 g/mol. The average molecular weight is 295 g/mol. The summed E-state index contributed by atoms with van der Waals surface area (Å²) in [6, 6.07) is 0.485. The minimum absolute atomic E-state index is 0.120. The normalized spacial score (nSPS) is 34.3. The van der Waals surface area contributed by atoms with E-state index in [-0.39, 0.29) is 11.3 Å². The lowest BCUT2D eigenvalue weighted by Gasteiger charge is -2.46. The monoisotopic (exact) mass is 295 g/mol. The Bertz CT molecular complexity index is 345. The highest BCUT2D eigenvalue weighted by molar-refractivity contribution is 5.71. The number of carboxylic acid groups (broad SMARTS) is 1. The molecule has 2 fully saturated rings. The van der Waals surface area contributed by atoms with E-state index in [0.717, 1.165) is 25.3 Å². The van der Waals surface area contributed by atoms with Gasteiger partial charge in [0.2, 0.25) is 0 Å². The minimum Gasteiger partial charge on any atom is -0.481 e. The SMILES string of the molecule is CC1C(NCC2CCCCCC2)CCC(C(=O)O)C1(C)C. The number of rotatable bonds is 4. The lowest BCUT2D eigenvalue weighted by Crippen LogP contribution is -2.51. The maximum Gasteiger partial charge on any atom is 0.307 e. The molecule has 0 saturated heterocycles. The van der Waals surface area contributed by atoms with Gasteiger partial charge in [0.15, 0.2) is 0 Å². The van der Waals surface area contributed by atoms with E-state index < -0.39 is 5.97 Å². The highest BCUT2D eigenvalue weighted by atomic mass is 16.4. The van der Waals surface area contributed by atoms with Crippen LogP contribution in [0.4, 0.5) is 0 Å². The topological polar surface area (TPSA) is 49.3 Å². The molecule has 2 aliphatic carbocycles. The first-order valence-electron chi connectivity index (χ1n) is 8.89. The second-order valence-corrected chi connectivity index (χ2v) is 7.95. The summed E-state index contributed by atoms with van der Waals surface area (Å²) in [4.78, 5) is 11.4. The fourth-order valence-corrected chi connectivity index (χ4v) is 4.41. The van der Waals surface area contributed by atoms with Crippen LogP contribution in [0.2, 0.25) is 0 Å². The van der Waals surface area contributed by atoms with Crippen LogP contribution < -0.4 is 5.32 Å². The van der Waals surface area contributed by atoms with E-state index in [4.69, 9.17) is 0 Å². The van der Waals surface area contributed by atoms with Gasteiger partial charge in [-0.25, -0.2) is 0 Å². The van der Waals surface area contributed by atoms with Crippen molar-refractivity contribution in [3.8, 4) is 0 Å². The van der Waals surface area contributed by atoms with Crippen LogP contribution in [0, 0.1) is 23.2 Å². The van der Waals surface area contributed by atoms with Crippen LogP contribution in [0.1, 0.15) is 72.1 Å². The van der Waals surface area contributed by atoms with Crippen molar-refractivity contribution in [2.24, 2.45) is 23.2 Å². The van der Waals surface area contributed by atoms with E-state index in [1.807, 2.05) is 0 Å². The number of carbonyl (C=O) groups is 1. The Balaban J connectivity index is 1.88. The molecule has 0 aromatic rings. The highest BCUT2D eigenvalue weighted by Gasteiger charge is 2.46. The Morgan fingerprint density at radius 1 is 1.10 bits per heavy atom. The van der Waals surface area contributed by atoms with Crippen LogP contribution in [0.5, 0.6) is 0 Å². The van der Waals surface area contributed by atoms with Gasteiger partial charge in [-0.1, -0.05) is 46.5 Å². The number of hydrogen-bond acceptors (Lipinski definition) is 2. The maximum absolute atomic E-state index is 11.4. The van der Waals surface area contributed by atoms with E-state index in [1.54, 1.807) is 0 Å². The number of nitrogens with one attached hydrogen (secondary N) is 1. The molecule has 0 aliphatic heterocycles. The van der Waals surface area contributed by atoms with Gasteiger partial charge in [-0.05, 0) is 49.5 Å². The zero-order valence-electron chi connectivity index (χ0n) is 14.0. The predicted octanol–water partition coefficient (Wildman–Crippen LogP) is 4.07. The van der Waals surface area contributed by atoms with E-state index in [1.165, 1.54) is 38.5 Å². The van der Waals surface area contributed by atoms with Crippen molar-refractivity contribution in [3.05, 3.63) is 0 Å². The third-order valence-electron chi connectivity index (χ3n) is 6.38. The predicted molar refractivity (Wildman–Crippen MR) is 86.3 cm³/mol. The van der Waals surface area contributed by atoms with Gasteiger partial charge in [-0.15, -0.1) is 0 Å². The van der Waals surface area contributed by atoms with Crippen LogP contribution >= 0.6 is 0 Å². The molecule has 2 aliphatic rings. The average Bonchev–Trinajstić information content (AvgIpc) is 2.68. The first kappa shape index (κ1) is 16.8. The molecule has 21 heavy (non-hydrogen) atoms. The summed E-state index contributed by atoms with van der Waals surface area (Å²) in [5, 5.41) is 13.2. The van der Waals surface area contributed by atoms with E-state index >= 15 is 0 Å². The molecule has 2 rings (SSSR count). The standard InChI is InChI=1S/C18H33NO2/c1-13-16(11-10-15(17(20)21)18(13,2)3)19-12-14-8-6-4-5-7-9-14/h13-16,19H,4-12H2,1-3H3,(H,20,21). The van der Waals surface area contributed by atoms with Gasteiger partial charge in [0.05, 0.1) is 5.92 Å². The molecule has 0 aromatic carbocycles. The molecule has 3 heteroatoms. The minimum atomic E-state index is -0.617. The van der Waals surface area contributed by atoms with Crippen LogP contribution in [-0.2, 0) is 4.79 Å². The molecule has 0 spiro atoms. The molecule has 3 atom stereocenters. The molecule has 2 N–H and O–H groups in total. The van der Waals surface area contributed by atoms with Crippen molar-refractivity contribution in [3.63, 3.8) is 0 Å². The van der Waals surface area contributed by atoms with Crippen LogP contribution in [-0.4, -0.2) is 23.7 Å². The summed E-state index contributed by atoms with van der Waals surface area (Å²) >= 11 is 0. The summed E-state index contributed by atoms with van der Waals surface area (Å²) in [6.07, 6.45) is 10.2. The van der Waals surface area contributed by atoms with Crippen LogP contribution in [0.15, 0.2) is 0 Å². The van der Waals surface area contributed by atoms with E-state index in [9.17, 15) is 9.90 Å². The molecule has 122 valence electrons. The van der Waals surface area contributed by atoms with E-state index in [2.05, 4.69) is 26.1 Å². The van der Waals surface area contributed by atoms with Crippen molar-refractivity contribution in [1.82, 2.24) is 5.32 Å². The summed E-state index contributed by atoms with van der Waals surface area (Å²) in [5.74, 6) is 0.440. The Morgan fingerprint density at radius 3 is 2.29 bits per heavy atom. The van der Waals surface area contributed by atoms with Crippen molar-refractivity contribution in [1.29, 1.82) is 0 Å². The van der Waals surface area contributed by atoms with Crippen LogP contribution in [0.3, 0.4) is 0 Å². The number of aliphatic carboxylic acids is 1. The zero-order valence-corrected chi connectivity index (χ0v) is 14.0. The second-order valence-electron chi connectivity index (χ2n) is 7.95. The van der Waals surface area contributed by atoms with Crippen molar-refractivity contribution < 1.29 is 9.90 Å². The lowest BCUT2D eigenvalue weighted by atomic mass is 9.61. The Kier molecular flexibility index (Phi) is 5.70. The molecule has 2 saturated carbocycles. The summed E-state index contributed by atoms with van der Waals surface area (Å²) in [6.45, 7) is 7.63. The third-order valence-corrected chi connectivity index (χ3v) is 6.38. The molecule has 3 unspecified atom stereocenters. The maximum atomic E-state index is 11.4. The van der Waals surface area contributed by atoms with E-state index in [0.29, 0.717) is 12.0 Å². The van der Waals surface area contributed by atoms with Gasteiger partial charge >= 0.3 is 5.97 Å². The Hall–Kier alpha value is -0.570. The van der Waals surface area contributed by atoms with Gasteiger partial charge < -0.3 is 10.4 Å². The first-order valence-corrected chi connectivity index (χ1v) is 8.89. The number of carboxylic acids is 1. The largest absolute Gasteiger partial charge is 0.481 e. The van der Waals surface area contributed by atoms with Gasteiger partial charge in [0.1, 0.15) is 0 Å². The van der Waals surface area contributed by atoms with Crippen molar-refractivity contribution >= 4 is 5.97 Å². The first-order chi connectivity index (χ1) is 9.93. The molecule has 0 aromatic heterocycles. The van der Waals surface area contributed by atoms with Gasteiger partial charge in [0.25, 0.3) is 0 Å². The molecule has 0 radical (unpaired) electrons. The van der Waals surface area contributed by atoms with Crippen molar-refractivity contribution in [2.45, 2.75) is 78.2 Å². The molecule has 0 amide bonds. The van der Waals surface area contributed by atoms with Gasteiger partial charge in [-0.3, -0.25) is 4.79 Å². The molecular formula is C18H33NO2. The quantitative estimate of drug-likeness (QED) is 0.769. The number of hydrogen-bond donors (Lipinski definition) is 2. The molecule has 3 nitrogen and oxygen atoms in total. The second kappa shape index (κ2) is 7.13. The molecule has 0 heterocycles. The van der Waals surface area contributed by atoms with Gasteiger partial charge in [0, 0.05) is 6.04 Å². The molecule has 0 bridgehead atoms. The van der Waals surface area contributed by atoms with Gasteiger partial charge in [-0.2, -0.15) is 0 Å². The smallest absolute Gasteiger partial charge is 0.307 e. The third kappa shape index (κ3) is 4.00. The fourth-order valence-electron chi connectivity index (χ4n) is 4.41. The lowest BCUT2D eigenvalue weighted by molar-refractivity contribution is -0.150.